The molecule has 0 aliphatic rings. The summed E-state index contributed by atoms with van der Waals surface area (Å²) < 4.78 is 0. The van der Waals surface area contributed by atoms with Gasteiger partial charge in [0.15, 0.2) is 0 Å². The van der Waals surface area contributed by atoms with Crippen molar-refractivity contribution in [2.75, 3.05) is 0 Å². The monoisotopic (exact) mass is 852 g/mol. The van der Waals surface area contributed by atoms with E-state index in [2.05, 4.69) is 77.0 Å². The zero-order valence-electron chi connectivity index (χ0n) is 33.8. The molecule has 0 saturated heterocycles. The van der Waals surface area contributed by atoms with Crippen LogP contribution in [0.2, 0.25) is 0 Å². The van der Waals surface area contributed by atoms with Crippen molar-refractivity contribution in [2.24, 2.45) is 0 Å². The van der Waals surface area contributed by atoms with E-state index >= 15 is 0 Å². The van der Waals surface area contributed by atoms with E-state index in [1.165, 1.54) is 193 Å². The molecule has 0 aromatic heterocycles. The van der Waals surface area contributed by atoms with Crippen LogP contribution in [0, 0.1) is 0 Å². The fourth-order valence-electron chi connectivity index (χ4n) is 4.68. The molecule has 0 spiro atoms. The molecule has 0 heterocycles. The summed E-state index contributed by atoms with van der Waals surface area (Å²) in [6.07, 6.45) is 43.3. The summed E-state index contributed by atoms with van der Waals surface area (Å²) >= 11 is 10.8. The molecule has 0 aliphatic carbocycles. The highest BCUT2D eigenvalue weighted by Gasteiger charge is 1.94. The van der Waals surface area contributed by atoms with E-state index in [4.69, 9.17) is 44.0 Å². The second-order valence-electron chi connectivity index (χ2n) is 13.0. The Hall–Kier alpha value is 1.59. The Kier molecular flexibility index (Phi) is 67.9. The minimum Gasteiger partial charge on any atom is -0.325 e. The average Bonchev–Trinajstić information content (AvgIpc) is 2.99. The molecule has 0 aromatic carbocycles. The molecule has 0 fully saturated rings. The Morgan fingerprint density at radius 1 is 0.216 bits per heavy atom. The molecule has 0 saturated carbocycles. The number of hydrogen-bond donors (Lipinski definition) is 9. The Morgan fingerprint density at radius 3 is 0.333 bits per heavy atom. The minimum absolute atomic E-state index is 1.37. The Bertz CT molecular complexity index is 588. The van der Waals surface area contributed by atoms with Crippen LogP contribution in [0.3, 0.4) is 0 Å². The zero-order chi connectivity index (χ0) is 40.7. The van der Waals surface area contributed by atoms with Crippen LogP contribution in [0.15, 0.2) is 0 Å². The van der Waals surface area contributed by atoms with E-state index < -0.39 is 20.2 Å². The fourth-order valence-corrected chi connectivity index (χ4v) is 4.68. The van der Waals surface area contributed by atoms with Crippen LogP contribution < -0.4 is 0 Å². The average molecular weight is 853 g/mol. The van der Waals surface area contributed by atoms with Gasteiger partial charge >= 0.3 is 20.2 Å². The molecular weight excluding hydrogens is 766 g/mol. The number of hydrogen-bond acceptors (Lipinski definition) is 3. The van der Waals surface area contributed by atoms with Crippen molar-refractivity contribution in [3.8, 4) is 0 Å². The lowest BCUT2D eigenvalue weighted by Gasteiger charge is -1.99. The second-order valence-corrected chi connectivity index (χ2v) is 20.5. The van der Waals surface area contributed by atoms with Gasteiger partial charge in [0.2, 0.25) is 0 Å². The van der Waals surface area contributed by atoms with Crippen LogP contribution in [-0.2, 0) is 35.4 Å². The van der Waals surface area contributed by atoms with Crippen LogP contribution in [0.25, 0.3) is 0 Å². The third-order valence-corrected chi connectivity index (χ3v) is 7.37. The van der Waals surface area contributed by atoms with Gasteiger partial charge < -0.3 is 44.0 Å². The predicted octanol–water partition coefficient (Wildman–Crippen LogP) is 12.3. The molecule has 0 unspecified atom stereocenters. The molecule has 0 amide bonds. The lowest BCUT2D eigenvalue weighted by Crippen LogP contribution is -1.80. The first-order valence-corrected chi connectivity index (χ1v) is 28.1. The second kappa shape index (κ2) is 53.7. The van der Waals surface area contributed by atoms with Crippen molar-refractivity contribution >= 4 is 55.6 Å². The quantitative estimate of drug-likeness (QED) is 0.0282. The molecule has 9 nitrogen and oxygen atoms in total. The summed E-state index contributed by atoms with van der Waals surface area (Å²) in [5.41, 5.74) is 0. The Morgan fingerprint density at radius 2 is 0.275 bits per heavy atom. The molecular formula is C36H87O9P3S3. The number of rotatable bonds is 27. The predicted molar refractivity (Wildman–Crippen MR) is 235 cm³/mol. The highest BCUT2D eigenvalue weighted by Crippen LogP contribution is 2.27. The van der Waals surface area contributed by atoms with E-state index in [0.717, 1.165) is 0 Å². The topological polar surface area (TPSA) is 182 Å². The summed E-state index contributed by atoms with van der Waals surface area (Å²) in [4.78, 5) is 68.0. The third-order valence-electron chi connectivity index (χ3n) is 7.37. The maximum absolute atomic E-state index is 7.56. The van der Waals surface area contributed by atoms with E-state index in [9.17, 15) is 0 Å². The first kappa shape index (κ1) is 64.5. The van der Waals surface area contributed by atoms with Crippen LogP contribution in [0.5, 0.6) is 0 Å². The van der Waals surface area contributed by atoms with Gasteiger partial charge in [-0.1, -0.05) is 234 Å². The van der Waals surface area contributed by atoms with E-state index in [-0.39, 0.29) is 0 Å². The molecule has 0 aliphatic heterocycles. The standard InChI is InChI=1S/3C12H26.3H3O3PS/c3*1-3-5-7-9-11-12-10-8-6-4-2;3*1-4(2,3)5/h3*3-12H2,1-2H3;3*(H3,1,2,3,5). The normalized spacial score (nSPS) is 10.9. The molecule has 318 valence electrons. The van der Waals surface area contributed by atoms with Gasteiger partial charge in [-0.2, -0.15) is 0 Å². The summed E-state index contributed by atoms with van der Waals surface area (Å²) in [5.74, 6) is 0. The van der Waals surface area contributed by atoms with Crippen LogP contribution in [0.1, 0.15) is 234 Å². The molecule has 0 radical (unpaired) electrons. The van der Waals surface area contributed by atoms with Crippen LogP contribution in [0.4, 0.5) is 0 Å². The Balaban J connectivity index is -0.000000125. The maximum Gasteiger partial charge on any atom is 0.319 e. The van der Waals surface area contributed by atoms with Gasteiger partial charge in [0.25, 0.3) is 0 Å². The largest absolute Gasteiger partial charge is 0.325 e. The van der Waals surface area contributed by atoms with Gasteiger partial charge in [-0.05, 0) is 35.4 Å². The van der Waals surface area contributed by atoms with Crippen LogP contribution in [-0.4, -0.2) is 44.0 Å². The highest BCUT2D eigenvalue weighted by molar-refractivity contribution is 8.06. The van der Waals surface area contributed by atoms with Gasteiger partial charge in [0.05, 0.1) is 0 Å². The van der Waals surface area contributed by atoms with E-state index in [1.807, 2.05) is 0 Å². The molecule has 0 bridgehead atoms. The number of unbranched alkanes of at least 4 members (excludes halogenated alkanes) is 27. The van der Waals surface area contributed by atoms with Gasteiger partial charge in [-0.15, -0.1) is 0 Å². The van der Waals surface area contributed by atoms with Gasteiger partial charge in [-0.3, -0.25) is 0 Å². The molecule has 9 N–H and O–H groups in total. The smallest absolute Gasteiger partial charge is 0.319 e. The summed E-state index contributed by atoms with van der Waals surface area (Å²) in [7, 11) is 0. The fraction of sp³-hybridized carbons (Fsp3) is 1.00. The van der Waals surface area contributed by atoms with Gasteiger partial charge in [-0.25, -0.2) is 0 Å². The maximum atomic E-state index is 7.56. The van der Waals surface area contributed by atoms with Crippen molar-refractivity contribution in [1.82, 2.24) is 0 Å². The lowest BCUT2D eigenvalue weighted by atomic mass is 10.1. The van der Waals surface area contributed by atoms with Crippen molar-refractivity contribution in [2.45, 2.75) is 234 Å². The molecule has 0 atom stereocenters. The minimum atomic E-state index is -3.81. The van der Waals surface area contributed by atoms with E-state index in [1.54, 1.807) is 0 Å². The molecule has 0 aromatic rings. The molecule has 51 heavy (non-hydrogen) atoms. The van der Waals surface area contributed by atoms with Crippen LogP contribution >= 0.6 is 20.2 Å². The SMILES string of the molecule is CCCCCCCCCCCC.CCCCCCCCCCCC.CCCCCCCCCCCC.OP(O)(O)=S.OP(O)(O)=S.OP(O)(O)=S. The first-order valence-electron chi connectivity index (χ1n) is 20.1. The summed E-state index contributed by atoms with van der Waals surface area (Å²) in [5, 5.41) is 0. The summed E-state index contributed by atoms with van der Waals surface area (Å²) in [6, 6.07) is 0. The van der Waals surface area contributed by atoms with Gasteiger partial charge in [0, 0.05) is 0 Å². The molecule has 15 heteroatoms. The third kappa shape index (κ3) is 155. The van der Waals surface area contributed by atoms with Gasteiger partial charge in [0.1, 0.15) is 0 Å². The van der Waals surface area contributed by atoms with Crippen molar-refractivity contribution in [3.63, 3.8) is 0 Å². The van der Waals surface area contributed by atoms with E-state index in [0.29, 0.717) is 0 Å². The van der Waals surface area contributed by atoms with Crippen molar-refractivity contribution < 1.29 is 44.0 Å². The highest BCUT2D eigenvalue weighted by atomic mass is 32.5. The lowest BCUT2D eigenvalue weighted by molar-refractivity contribution is 0.361. The molecule has 0 rings (SSSR count). The Labute approximate surface area is 332 Å². The summed E-state index contributed by atoms with van der Waals surface area (Å²) in [6.45, 7) is 2.26. The van der Waals surface area contributed by atoms with Crippen molar-refractivity contribution in [3.05, 3.63) is 0 Å². The first-order chi connectivity index (χ1) is 23.7. The van der Waals surface area contributed by atoms with Crippen molar-refractivity contribution in [1.29, 1.82) is 0 Å². The zero-order valence-corrected chi connectivity index (χ0v) is 38.9.